The highest BCUT2D eigenvalue weighted by Gasteiger charge is 2.22. The number of aryl methyl sites for hydroxylation is 1. The normalized spacial score (nSPS) is 21.4. The quantitative estimate of drug-likeness (QED) is 0.743. The van der Waals surface area contributed by atoms with Crippen LogP contribution >= 0.6 is 0 Å². The molecular weight excluding hydrogens is 178 g/mol. The number of carbonyl (C=O) groups is 1. The fourth-order valence-electron chi connectivity index (χ4n) is 1.84. The van der Waals surface area contributed by atoms with Crippen molar-refractivity contribution < 1.29 is 4.79 Å². The first-order valence-electron chi connectivity index (χ1n) is 4.96. The molecule has 0 spiro atoms. The summed E-state index contributed by atoms with van der Waals surface area (Å²) in [5, 5.41) is 7.25. The third-order valence-electron chi connectivity index (χ3n) is 2.65. The Kier molecular flexibility index (Phi) is 2.63. The van der Waals surface area contributed by atoms with Crippen molar-refractivity contribution in [2.24, 2.45) is 13.0 Å². The molecule has 1 aromatic rings. The summed E-state index contributed by atoms with van der Waals surface area (Å²) < 4.78 is 1.73. The van der Waals surface area contributed by atoms with Gasteiger partial charge in [-0.25, -0.2) is 0 Å². The predicted molar refractivity (Wildman–Crippen MR) is 52.9 cm³/mol. The molecule has 2 heterocycles. The van der Waals surface area contributed by atoms with E-state index < -0.39 is 0 Å². The number of nitrogens with one attached hydrogen (secondary N) is 1. The van der Waals surface area contributed by atoms with Crippen LogP contribution in [0.1, 0.15) is 12.0 Å². The second-order valence-corrected chi connectivity index (χ2v) is 3.86. The van der Waals surface area contributed by atoms with Gasteiger partial charge >= 0.3 is 0 Å². The number of aromatic nitrogens is 2. The molecule has 0 amide bonds. The molecule has 1 atom stereocenters. The smallest absolute Gasteiger partial charge is 0.141 e. The first-order valence-corrected chi connectivity index (χ1v) is 4.96. The van der Waals surface area contributed by atoms with Gasteiger partial charge in [-0.2, -0.15) is 5.10 Å². The van der Waals surface area contributed by atoms with Crippen molar-refractivity contribution in [3.05, 3.63) is 18.0 Å². The first-order chi connectivity index (χ1) is 6.75. The van der Waals surface area contributed by atoms with E-state index >= 15 is 0 Å². The minimum Gasteiger partial charge on any atom is -0.316 e. The van der Waals surface area contributed by atoms with Crippen molar-refractivity contribution in [3.8, 4) is 0 Å². The van der Waals surface area contributed by atoms with Crippen molar-refractivity contribution in [2.45, 2.75) is 12.8 Å². The Morgan fingerprint density at radius 2 is 2.64 bits per heavy atom. The molecule has 2 rings (SSSR count). The standard InChI is InChI=1S/C10H15N3O/c1-13-7-8(5-12-13)4-10(14)9-2-3-11-6-9/h5,7,9,11H,2-4,6H2,1H3. The number of Topliss-reactive ketones (excluding diaryl/α,β-unsaturated/α-hetero) is 1. The van der Waals surface area contributed by atoms with Crippen molar-refractivity contribution in [1.82, 2.24) is 15.1 Å². The topological polar surface area (TPSA) is 46.9 Å². The van der Waals surface area contributed by atoms with Crippen LogP contribution in [0.5, 0.6) is 0 Å². The van der Waals surface area contributed by atoms with Crippen LogP contribution in [0.15, 0.2) is 12.4 Å². The van der Waals surface area contributed by atoms with Crippen LogP contribution in [-0.2, 0) is 18.3 Å². The molecule has 76 valence electrons. The fraction of sp³-hybridized carbons (Fsp3) is 0.600. The minimum atomic E-state index is 0.218. The van der Waals surface area contributed by atoms with Gasteiger partial charge in [0, 0.05) is 32.1 Å². The predicted octanol–water partition coefficient (Wildman–Crippen LogP) is 0.141. The van der Waals surface area contributed by atoms with E-state index in [0.29, 0.717) is 12.2 Å². The molecule has 4 nitrogen and oxygen atoms in total. The van der Waals surface area contributed by atoms with Crippen LogP contribution in [-0.4, -0.2) is 28.7 Å². The number of ketones is 1. The van der Waals surface area contributed by atoms with E-state index in [4.69, 9.17) is 0 Å². The molecule has 14 heavy (non-hydrogen) atoms. The Balaban J connectivity index is 1.93. The molecule has 0 radical (unpaired) electrons. The summed E-state index contributed by atoms with van der Waals surface area (Å²) in [6.45, 7) is 1.82. The van der Waals surface area contributed by atoms with Crippen molar-refractivity contribution in [3.63, 3.8) is 0 Å². The lowest BCUT2D eigenvalue weighted by Gasteiger charge is -2.04. The van der Waals surface area contributed by atoms with Crippen LogP contribution in [0, 0.1) is 5.92 Å². The fourth-order valence-corrected chi connectivity index (χ4v) is 1.84. The largest absolute Gasteiger partial charge is 0.316 e. The summed E-state index contributed by atoms with van der Waals surface area (Å²) in [5.41, 5.74) is 1.02. The molecular formula is C10H15N3O. The lowest BCUT2D eigenvalue weighted by Crippen LogP contribution is -2.19. The van der Waals surface area contributed by atoms with Crippen LogP contribution in [0.2, 0.25) is 0 Å². The Morgan fingerprint density at radius 1 is 1.79 bits per heavy atom. The lowest BCUT2D eigenvalue weighted by molar-refractivity contribution is -0.121. The van der Waals surface area contributed by atoms with E-state index in [-0.39, 0.29) is 5.92 Å². The van der Waals surface area contributed by atoms with Gasteiger partial charge in [-0.05, 0) is 18.5 Å². The van der Waals surface area contributed by atoms with Crippen LogP contribution in [0.3, 0.4) is 0 Å². The molecule has 0 aliphatic carbocycles. The number of nitrogens with zero attached hydrogens (tertiary/aromatic N) is 2. The van der Waals surface area contributed by atoms with E-state index in [9.17, 15) is 4.79 Å². The molecule has 0 bridgehead atoms. The summed E-state index contributed by atoms with van der Waals surface area (Å²) in [7, 11) is 1.87. The van der Waals surface area contributed by atoms with Gasteiger partial charge in [0.15, 0.2) is 0 Å². The van der Waals surface area contributed by atoms with Gasteiger partial charge in [0.1, 0.15) is 5.78 Å². The molecule has 1 aromatic heterocycles. The molecule has 1 aliphatic rings. The third kappa shape index (κ3) is 2.01. The van der Waals surface area contributed by atoms with E-state index in [1.54, 1.807) is 10.9 Å². The second-order valence-electron chi connectivity index (χ2n) is 3.86. The molecule has 0 aromatic carbocycles. The van der Waals surface area contributed by atoms with Crippen molar-refractivity contribution >= 4 is 5.78 Å². The number of rotatable bonds is 3. The maximum Gasteiger partial charge on any atom is 0.141 e. The summed E-state index contributed by atoms with van der Waals surface area (Å²) in [6.07, 6.45) is 5.18. The molecule has 1 N–H and O–H groups in total. The highest BCUT2D eigenvalue weighted by Crippen LogP contribution is 2.12. The SMILES string of the molecule is Cn1cc(CC(=O)C2CCNC2)cn1. The second kappa shape index (κ2) is 3.92. The van der Waals surface area contributed by atoms with Crippen LogP contribution in [0.4, 0.5) is 0 Å². The monoisotopic (exact) mass is 193 g/mol. The Morgan fingerprint density at radius 3 is 3.21 bits per heavy atom. The van der Waals surface area contributed by atoms with Gasteiger partial charge in [0.2, 0.25) is 0 Å². The number of hydrogen-bond donors (Lipinski definition) is 1. The molecule has 1 fully saturated rings. The lowest BCUT2D eigenvalue weighted by atomic mass is 9.99. The highest BCUT2D eigenvalue weighted by molar-refractivity contribution is 5.83. The van der Waals surface area contributed by atoms with Gasteiger partial charge in [0.05, 0.1) is 6.20 Å². The van der Waals surface area contributed by atoms with E-state index in [1.165, 1.54) is 0 Å². The van der Waals surface area contributed by atoms with Gasteiger partial charge in [-0.3, -0.25) is 9.48 Å². The summed E-state index contributed by atoms with van der Waals surface area (Å²) in [5.74, 6) is 0.554. The van der Waals surface area contributed by atoms with Crippen molar-refractivity contribution in [1.29, 1.82) is 0 Å². The molecule has 1 unspecified atom stereocenters. The van der Waals surface area contributed by atoms with Gasteiger partial charge in [-0.15, -0.1) is 0 Å². The van der Waals surface area contributed by atoms with Crippen LogP contribution < -0.4 is 5.32 Å². The van der Waals surface area contributed by atoms with Crippen LogP contribution in [0.25, 0.3) is 0 Å². The van der Waals surface area contributed by atoms with E-state index in [2.05, 4.69) is 10.4 Å². The molecule has 0 saturated carbocycles. The summed E-state index contributed by atoms with van der Waals surface area (Å²) in [6, 6.07) is 0. The first kappa shape index (κ1) is 9.40. The van der Waals surface area contributed by atoms with Gasteiger partial charge in [0.25, 0.3) is 0 Å². The van der Waals surface area contributed by atoms with Crippen molar-refractivity contribution in [2.75, 3.05) is 13.1 Å². The zero-order valence-corrected chi connectivity index (χ0v) is 8.36. The Labute approximate surface area is 83.3 Å². The van der Waals surface area contributed by atoms with E-state index in [1.807, 2.05) is 13.2 Å². The zero-order chi connectivity index (χ0) is 9.97. The third-order valence-corrected chi connectivity index (χ3v) is 2.65. The maximum absolute atomic E-state index is 11.7. The van der Waals surface area contributed by atoms with Gasteiger partial charge < -0.3 is 5.32 Å². The Hall–Kier alpha value is -1.16. The number of carbonyl (C=O) groups excluding carboxylic acids is 1. The summed E-state index contributed by atoms with van der Waals surface area (Å²) >= 11 is 0. The Bertz CT molecular complexity index is 326. The molecule has 4 heteroatoms. The van der Waals surface area contributed by atoms with Gasteiger partial charge in [-0.1, -0.05) is 0 Å². The average Bonchev–Trinajstić information content (AvgIpc) is 2.75. The highest BCUT2D eigenvalue weighted by atomic mass is 16.1. The molecule has 1 aliphatic heterocycles. The van der Waals surface area contributed by atoms with E-state index in [0.717, 1.165) is 25.1 Å². The maximum atomic E-state index is 11.7. The zero-order valence-electron chi connectivity index (χ0n) is 8.36. The molecule has 1 saturated heterocycles. The average molecular weight is 193 g/mol. The minimum absolute atomic E-state index is 0.218. The number of hydrogen-bond acceptors (Lipinski definition) is 3. The summed E-state index contributed by atoms with van der Waals surface area (Å²) in [4.78, 5) is 11.7.